The minimum Gasteiger partial charge on any atom is -0.481 e. The third-order valence-corrected chi connectivity index (χ3v) is 2.15. The number of carboxylic acid groups (broad SMARTS) is 1. The van der Waals surface area contributed by atoms with Crippen LogP contribution in [0.1, 0.15) is 5.69 Å². The summed E-state index contributed by atoms with van der Waals surface area (Å²) in [4.78, 5) is 16.1. The van der Waals surface area contributed by atoms with Crippen LogP contribution in [0.25, 0.3) is 0 Å². The Morgan fingerprint density at radius 3 is 2.60 bits per heavy atom. The van der Waals surface area contributed by atoms with Gasteiger partial charge in [-0.3, -0.25) is 4.79 Å². The standard InChI is InChI=1S/C6H11N3S.C2H4O2S/c7-5(3-10)1-6-2-8-4-9-6;3-2(4)1-5/h2,4-5,10H,1,3,7H2,(H,8,9);5H,1H2,(H,3,4)/t5-;/m0./s1. The first-order valence-electron chi connectivity index (χ1n) is 4.26. The zero-order valence-corrected chi connectivity index (χ0v) is 9.92. The number of imidazole rings is 1. The minimum absolute atomic E-state index is 0.0833. The Morgan fingerprint density at radius 1 is 1.67 bits per heavy atom. The molecule has 0 spiro atoms. The van der Waals surface area contributed by atoms with Gasteiger partial charge in [-0.15, -0.1) is 0 Å². The van der Waals surface area contributed by atoms with Crippen LogP contribution in [-0.4, -0.2) is 38.6 Å². The van der Waals surface area contributed by atoms with Crippen molar-refractivity contribution in [1.82, 2.24) is 9.97 Å². The van der Waals surface area contributed by atoms with E-state index in [2.05, 4.69) is 35.2 Å². The quantitative estimate of drug-likeness (QED) is 0.493. The number of carboxylic acids is 1. The van der Waals surface area contributed by atoms with Gasteiger partial charge < -0.3 is 15.8 Å². The Labute approximate surface area is 99.3 Å². The van der Waals surface area contributed by atoms with Gasteiger partial charge >= 0.3 is 5.97 Å². The lowest BCUT2D eigenvalue weighted by molar-refractivity contribution is -0.133. The average Bonchev–Trinajstić information content (AvgIpc) is 2.71. The molecule has 0 unspecified atom stereocenters. The molecule has 1 rings (SSSR count). The molecular formula is C8H15N3O2S2. The van der Waals surface area contributed by atoms with E-state index in [0.717, 1.165) is 12.1 Å². The number of nitrogens with one attached hydrogen (secondary N) is 1. The highest BCUT2D eigenvalue weighted by atomic mass is 32.1. The van der Waals surface area contributed by atoms with Crippen molar-refractivity contribution in [3.63, 3.8) is 0 Å². The number of thiol groups is 2. The molecule has 1 aromatic heterocycles. The predicted octanol–water partition coefficient (Wildman–Crippen LogP) is 0.210. The van der Waals surface area contributed by atoms with Crippen molar-refractivity contribution >= 4 is 31.2 Å². The monoisotopic (exact) mass is 249 g/mol. The number of aromatic amines is 1. The number of aliphatic carboxylic acids is 1. The van der Waals surface area contributed by atoms with Crippen molar-refractivity contribution in [2.75, 3.05) is 11.5 Å². The summed E-state index contributed by atoms with van der Waals surface area (Å²) in [6, 6.07) is 0.129. The Hall–Kier alpha value is -0.660. The normalized spacial score (nSPS) is 11.4. The summed E-state index contributed by atoms with van der Waals surface area (Å²) in [5.74, 6) is -0.257. The fourth-order valence-corrected chi connectivity index (χ4v) is 0.872. The van der Waals surface area contributed by atoms with Crippen molar-refractivity contribution in [2.45, 2.75) is 12.5 Å². The molecule has 0 aliphatic heterocycles. The summed E-state index contributed by atoms with van der Waals surface area (Å²) in [6.07, 6.45) is 4.26. The molecule has 1 aromatic rings. The van der Waals surface area contributed by atoms with E-state index in [1.54, 1.807) is 12.5 Å². The van der Waals surface area contributed by atoms with Gasteiger partial charge in [0.25, 0.3) is 0 Å². The van der Waals surface area contributed by atoms with Gasteiger partial charge in [0, 0.05) is 30.1 Å². The molecule has 0 saturated carbocycles. The van der Waals surface area contributed by atoms with Crippen molar-refractivity contribution in [2.24, 2.45) is 5.73 Å². The molecule has 1 atom stereocenters. The number of nitrogens with zero attached hydrogens (tertiary/aromatic N) is 1. The molecule has 7 heteroatoms. The third kappa shape index (κ3) is 8.34. The Balaban J connectivity index is 0.000000336. The van der Waals surface area contributed by atoms with E-state index in [-0.39, 0.29) is 11.8 Å². The molecule has 5 nitrogen and oxygen atoms in total. The summed E-state index contributed by atoms with van der Waals surface area (Å²) < 4.78 is 0. The number of rotatable bonds is 4. The molecular weight excluding hydrogens is 234 g/mol. The van der Waals surface area contributed by atoms with Crippen LogP contribution >= 0.6 is 25.3 Å². The highest BCUT2D eigenvalue weighted by Gasteiger charge is 2.00. The number of hydrogen-bond donors (Lipinski definition) is 5. The topological polar surface area (TPSA) is 92.0 Å². The Kier molecular flexibility index (Phi) is 8.25. The molecule has 0 bridgehead atoms. The summed E-state index contributed by atoms with van der Waals surface area (Å²) in [5.41, 5.74) is 6.71. The molecule has 0 aliphatic carbocycles. The first kappa shape index (κ1) is 14.3. The lowest BCUT2D eigenvalue weighted by Gasteiger charge is -2.04. The van der Waals surface area contributed by atoms with Gasteiger partial charge in [0.1, 0.15) is 0 Å². The largest absolute Gasteiger partial charge is 0.481 e. The number of carbonyl (C=O) groups is 1. The van der Waals surface area contributed by atoms with Gasteiger partial charge in [-0.1, -0.05) is 0 Å². The third-order valence-electron chi connectivity index (χ3n) is 1.41. The lowest BCUT2D eigenvalue weighted by atomic mass is 10.2. The maximum atomic E-state index is 9.29. The van der Waals surface area contributed by atoms with Crippen molar-refractivity contribution in [3.8, 4) is 0 Å². The van der Waals surface area contributed by atoms with Crippen molar-refractivity contribution < 1.29 is 9.90 Å². The molecule has 0 aliphatic rings. The summed E-state index contributed by atoms with van der Waals surface area (Å²) in [7, 11) is 0. The van der Waals surface area contributed by atoms with Gasteiger partial charge in [-0.25, -0.2) is 4.98 Å². The van der Waals surface area contributed by atoms with E-state index >= 15 is 0 Å². The molecule has 0 saturated heterocycles. The number of nitrogens with two attached hydrogens (primary N) is 1. The summed E-state index contributed by atoms with van der Waals surface area (Å²) in [5, 5.41) is 7.65. The fraction of sp³-hybridized carbons (Fsp3) is 0.500. The van der Waals surface area contributed by atoms with Crippen LogP contribution in [0.5, 0.6) is 0 Å². The maximum Gasteiger partial charge on any atom is 0.313 e. The van der Waals surface area contributed by atoms with Crippen LogP contribution in [0.15, 0.2) is 12.5 Å². The molecule has 1 heterocycles. The van der Waals surface area contributed by atoms with E-state index in [9.17, 15) is 4.79 Å². The Bertz CT molecular complexity index is 267. The van der Waals surface area contributed by atoms with Crippen LogP contribution in [0.4, 0.5) is 0 Å². The second-order valence-electron chi connectivity index (χ2n) is 2.78. The van der Waals surface area contributed by atoms with E-state index in [0.29, 0.717) is 5.75 Å². The van der Waals surface area contributed by atoms with Gasteiger partial charge in [-0.2, -0.15) is 25.3 Å². The zero-order chi connectivity index (χ0) is 11.7. The average molecular weight is 249 g/mol. The molecule has 4 N–H and O–H groups in total. The first-order valence-corrected chi connectivity index (χ1v) is 5.53. The molecule has 0 fully saturated rings. The molecule has 0 radical (unpaired) electrons. The van der Waals surface area contributed by atoms with Gasteiger partial charge in [0.15, 0.2) is 0 Å². The number of aromatic nitrogens is 2. The smallest absolute Gasteiger partial charge is 0.313 e. The predicted molar refractivity (Wildman–Crippen MR) is 65.6 cm³/mol. The van der Waals surface area contributed by atoms with Crippen LogP contribution in [0.2, 0.25) is 0 Å². The maximum absolute atomic E-state index is 9.29. The second kappa shape index (κ2) is 8.63. The van der Waals surface area contributed by atoms with Crippen molar-refractivity contribution in [3.05, 3.63) is 18.2 Å². The van der Waals surface area contributed by atoms with Crippen LogP contribution < -0.4 is 5.73 Å². The van der Waals surface area contributed by atoms with E-state index in [1.165, 1.54) is 0 Å². The van der Waals surface area contributed by atoms with Gasteiger partial charge in [-0.05, 0) is 0 Å². The lowest BCUT2D eigenvalue weighted by Crippen LogP contribution is -2.24. The number of hydrogen-bond acceptors (Lipinski definition) is 5. The highest BCUT2D eigenvalue weighted by Crippen LogP contribution is 1.96. The van der Waals surface area contributed by atoms with E-state index in [1.807, 2.05) is 0 Å². The summed E-state index contributed by atoms with van der Waals surface area (Å²) in [6.45, 7) is 0. The molecule has 15 heavy (non-hydrogen) atoms. The first-order chi connectivity index (χ1) is 7.10. The van der Waals surface area contributed by atoms with Crippen LogP contribution in [0.3, 0.4) is 0 Å². The Morgan fingerprint density at radius 2 is 2.27 bits per heavy atom. The van der Waals surface area contributed by atoms with Gasteiger partial charge in [0.2, 0.25) is 0 Å². The van der Waals surface area contributed by atoms with Crippen LogP contribution in [0, 0.1) is 0 Å². The fourth-order valence-electron chi connectivity index (χ4n) is 0.743. The SMILES string of the molecule is N[C@H](CS)Cc1cnc[nH]1.O=C(O)CS. The molecule has 0 amide bonds. The van der Waals surface area contributed by atoms with Crippen LogP contribution in [-0.2, 0) is 11.2 Å². The zero-order valence-electron chi connectivity index (χ0n) is 8.13. The summed E-state index contributed by atoms with van der Waals surface area (Å²) >= 11 is 7.48. The number of H-pyrrole nitrogens is 1. The molecule has 0 aromatic carbocycles. The van der Waals surface area contributed by atoms with Gasteiger partial charge in [0.05, 0.1) is 12.1 Å². The highest BCUT2D eigenvalue weighted by molar-refractivity contribution is 7.81. The van der Waals surface area contributed by atoms with Crippen molar-refractivity contribution in [1.29, 1.82) is 0 Å². The van der Waals surface area contributed by atoms with E-state index in [4.69, 9.17) is 10.8 Å². The minimum atomic E-state index is -0.881. The second-order valence-corrected chi connectivity index (χ2v) is 3.46. The molecule has 86 valence electrons. The van der Waals surface area contributed by atoms with E-state index < -0.39 is 5.97 Å².